The van der Waals surface area contributed by atoms with Gasteiger partial charge in [-0.1, -0.05) is 38.7 Å². The van der Waals surface area contributed by atoms with Crippen molar-refractivity contribution in [3.8, 4) is 11.8 Å². The lowest BCUT2D eigenvalue weighted by molar-refractivity contribution is 0.124. The molecule has 0 saturated carbocycles. The Labute approximate surface area is 152 Å². The second-order valence-corrected chi connectivity index (χ2v) is 13.0. The molecule has 1 aliphatic rings. The number of benzene rings is 1. The average molecular weight is 360 g/mol. The first-order chi connectivity index (χ1) is 11.5. The maximum Gasteiger partial charge on any atom is 0.407 e. The molecule has 0 aliphatic carbocycles. The Morgan fingerprint density at radius 2 is 2.08 bits per heavy atom. The van der Waals surface area contributed by atoms with E-state index in [2.05, 4.69) is 51.8 Å². The monoisotopic (exact) mass is 359 g/mol. The summed E-state index contributed by atoms with van der Waals surface area (Å²) in [6, 6.07) is 5.96. The van der Waals surface area contributed by atoms with Crippen LogP contribution in [0.15, 0.2) is 18.2 Å². The van der Waals surface area contributed by atoms with Crippen molar-refractivity contribution in [2.24, 2.45) is 0 Å². The van der Waals surface area contributed by atoms with Gasteiger partial charge in [0.25, 0.3) is 0 Å². The highest BCUT2D eigenvalue weighted by Crippen LogP contribution is 2.36. The van der Waals surface area contributed by atoms with Crippen LogP contribution in [-0.2, 0) is 10.8 Å². The smallest absolute Gasteiger partial charge is 0.407 e. The van der Waals surface area contributed by atoms with Crippen LogP contribution in [0.3, 0.4) is 0 Å². The zero-order chi connectivity index (χ0) is 18.8. The van der Waals surface area contributed by atoms with Crippen LogP contribution < -0.4 is 0 Å². The van der Waals surface area contributed by atoms with Crippen LogP contribution in [0.5, 0.6) is 0 Å². The van der Waals surface area contributed by atoms with Gasteiger partial charge in [-0.2, -0.15) is 0 Å². The minimum atomic E-state index is -1.76. The molecule has 1 N–H and O–H groups in total. The summed E-state index contributed by atoms with van der Waals surface area (Å²) < 4.78 is 6.08. The molecule has 1 unspecified atom stereocenters. The van der Waals surface area contributed by atoms with Gasteiger partial charge in [-0.3, -0.25) is 0 Å². The molecular formula is C20H29NO3Si. The third-order valence-electron chi connectivity index (χ3n) is 5.47. The van der Waals surface area contributed by atoms with E-state index < -0.39 is 14.4 Å². The minimum absolute atomic E-state index is 0.106. The molecule has 25 heavy (non-hydrogen) atoms. The summed E-state index contributed by atoms with van der Waals surface area (Å²) >= 11 is 0. The van der Waals surface area contributed by atoms with Gasteiger partial charge in [0.15, 0.2) is 8.32 Å². The number of nitrogens with zero attached hydrogens (tertiary/aromatic N) is 1. The van der Waals surface area contributed by atoms with Gasteiger partial charge in [0, 0.05) is 12.1 Å². The molecule has 5 heteroatoms. The van der Waals surface area contributed by atoms with Gasteiger partial charge in [-0.15, -0.1) is 0 Å². The molecule has 0 radical (unpaired) electrons. The first-order valence-corrected chi connectivity index (χ1v) is 11.7. The van der Waals surface area contributed by atoms with Crippen LogP contribution in [0, 0.1) is 11.8 Å². The molecule has 0 bridgehead atoms. The van der Waals surface area contributed by atoms with Gasteiger partial charge in [0.2, 0.25) is 0 Å². The third kappa shape index (κ3) is 4.45. The van der Waals surface area contributed by atoms with Crippen LogP contribution in [0.4, 0.5) is 4.79 Å². The zero-order valence-corrected chi connectivity index (χ0v) is 17.1. The van der Waals surface area contributed by atoms with Crippen molar-refractivity contribution in [3.63, 3.8) is 0 Å². The maximum atomic E-state index is 11.3. The fourth-order valence-corrected chi connectivity index (χ4v) is 3.61. The summed E-state index contributed by atoms with van der Waals surface area (Å²) in [5.74, 6) is 6.32. The van der Waals surface area contributed by atoms with E-state index in [-0.39, 0.29) is 11.1 Å². The van der Waals surface area contributed by atoms with Gasteiger partial charge in [-0.25, -0.2) is 4.79 Å². The van der Waals surface area contributed by atoms with Crippen molar-refractivity contribution in [2.75, 3.05) is 13.2 Å². The van der Waals surface area contributed by atoms with Gasteiger partial charge < -0.3 is 14.4 Å². The van der Waals surface area contributed by atoms with E-state index in [1.54, 1.807) is 0 Å². The van der Waals surface area contributed by atoms with Crippen LogP contribution in [0.1, 0.15) is 50.4 Å². The number of carboxylic acid groups (broad SMARTS) is 1. The Balaban J connectivity index is 2.06. The lowest BCUT2D eigenvalue weighted by Gasteiger charge is -2.35. The second-order valence-electron chi connectivity index (χ2n) is 8.17. The molecule has 2 rings (SSSR count). The topological polar surface area (TPSA) is 49.8 Å². The fourth-order valence-electron chi connectivity index (χ4n) is 2.74. The summed E-state index contributed by atoms with van der Waals surface area (Å²) in [5.41, 5.74) is 3.24. The van der Waals surface area contributed by atoms with Crippen LogP contribution in [0.2, 0.25) is 18.1 Å². The summed E-state index contributed by atoms with van der Waals surface area (Å²) in [5, 5.41) is 9.44. The quantitative estimate of drug-likeness (QED) is 0.617. The van der Waals surface area contributed by atoms with Crippen molar-refractivity contribution in [1.29, 1.82) is 0 Å². The van der Waals surface area contributed by atoms with Crippen LogP contribution in [0.25, 0.3) is 0 Å². The highest BCUT2D eigenvalue weighted by atomic mass is 28.4. The fraction of sp³-hybridized carbons (Fsp3) is 0.550. The Morgan fingerprint density at radius 1 is 1.40 bits per heavy atom. The number of amides is 1. The Morgan fingerprint density at radius 3 is 2.68 bits per heavy atom. The summed E-state index contributed by atoms with van der Waals surface area (Å²) in [6.45, 7) is 14.0. The molecule has 136 valence electrons. The molecule has 0 spiro atoms. The van der Waals surface area contributed by atoms with Crippen molar-refractivity contribution >= 4 is 14.4 Å². The lowest BCUT2D eigenvalue weighted by Crippen LogP contribution is -2.40. The van der Waals surface area contributed by atoms with E-state index in [0.717, 1.165) is 17.5 Å². The standard InChI is InChI=1S/C20H29NO3Si/c1-15-18-10-9-16(14-17(18)11-12-21(15)19(22)23)8-7-13-24-25(5,6)20(2,3)4/h9-10,14-15H,11-13H2,1-6H3,(H,22,23). The molecule has 0 saturated heterocycles. The number of hydrogen-bond acceptors (Lipinski definition) is 2. The molecule has 1 aromatic rings. The van der Waals surface area contributed by atoms with E-state index in [9.17, 15) is 9.90 Å². The van der Waals surface area contributed by atoms with Gasteiger partial charge in [-0.05, 0) is 54.7 Å². The number of fused-ring (bicyclic) bond motifs is 1. The lowest BCUT2D eigenvalue weighted by atomic mass is 9.92. The molecule has 1 amide bonds. The molecule has 0 fully saturated rings. The molecule has 1 atom stereocenters. The molecule has 4 nitrogen and oxygen atoms in total. The highest BCUT2D eigenvalue weighted by Gasteiger charge is 2.36. The minimum Gasteiger partial charge on any atom is -0.465 e. The van der Waals surface area contributed by atoms with Crippen molar-refractivity contribution in [1.82, 2.24) is 4.90 Å². The van der Waals surface area contributed by atoms with Gasteiger partial charge >= 0.3 is 6.09 Å². The predicted molar refractivity (Wildman–Crippen MR) is 103 cm³/mol. The van der Waals surface area contributed by atoms with Crippen LogP contribution >= 0.6 is 0 Å². The molecular weight excluding hydrogens is 330 g/mol. The first kappa shape index (κ1) is 19.6. The summed E-state index contributed by atoms with van der Waals surface area (Å²) in [6.07, 6.45) is -0.119. The highest BCUT2D eigenvalue weighted by molar-refractivity contribution is 6.74. The molecule has 1 aromatic carbocycles. The maximum absolute atomic E-state index is 11.3. The molecule has 0 aromatic heterocycles. The first-order valence-electron chi connectivity index (χ1n) is 8.78. The van der Waals surface area contributed by atoms with Gasteiger partial charge in [0.1, 0.15) is 0 Å². The number of carbonyl (C=O) groups is 1. The Kier molecular flexibility index (Phi) is 5.65. The Hall–Kier alpha value is -1.77. The average Bonchev–Trinajstić information content (AvgIpc) is 2.50. The number of hydrogen-bond donors (Lipinski definition) is 1. The second kappa shape index (κ2) is 7.23. The largest absolute Gasteiger partial charge is 0.465 e. The van der Waals surface area contributed by atoms with Crippen molar-refractivity contribution in [2.45, 2.75) is 58.3 Å². The zero-order valence-electron chi connectivity index (χ0n) is 16.1. The Bertz CT molecular complexity index is 710. The molecule has 1 heterocycles. The third-order valence-corrected chi connectivity index (χ3v) is 9.95. The summed E-state index contributed by atoms with van der Waals surface area (Å²) in [4.78, 5) is 12.7. The van der Waals surface area contributed by atoms with Crippen molar-refractivity contribution in [3.05, 3.63) is 34.9 Å². The van der Waals surface area contributed by atoms with E-state index in [4.69, 9.17) is 4.43 Å². The van der Waals surface area contributed by atoms with E-state index in [1.165, 1.54) is 10.5 Å². The predicted octanol–water partition coefficient (Wildman–Crippen LogP) is 4.66. The number of rotatable bonds is 2. The normalized spacial score (nSPS) is 17.5. The van der Waals surface area contributed by atoms with E-state index in [1.807, 2.05) is 19.1 Å². The van der Waals surface area contributed by atoms with Crippen LogP contribution in [-0.4, -0.2) is 37.6 Å². The van der Waals surface area contributed by atoms with E-state index in [0.29, 0.717) is 13.2 Å². The SMILES string of the molecule is CC1c2ccc(C#CCO[Si](C)(C)C(C)(C)C)cc2CCN1C(=O)O. The van der Waals surface area contributed by atoms with Crippen molar-refractivity contribution < 1.29 is 14.3 Å². The summed E-state index contributed by atoms with van der Waals surface area (Å²) in [7, 11) is -1.76. The molecule has 1 aliphatic heterocycles. The van der Waals surface area contributed by atoms with E-state index >= 15 is 0 Å². The van der Waals surface area contributed by atoms with Gasteiger partial charge in [0.05, 0.1) is 12.6 Å².